The Balaban J connectivity index is 1.47. The maximum absolute atomic E-state index is 13.5. The van der Waals surface area contributed by atoms with Gasteiger partial charge >= 0.3 is 0 Å². The van der Waals surface area contributed by atoms with E-state index in [0.29, 0.717) is 18.4 Å². The normalized spacial score (nSPS) is 41.6. The minimum absolute atomic E-state index is 0.00115. The van der Waals surface area contributed by atoms with Crippen LogP contribution >= 0.6 is 0 Å². The average Bonchev–Trinajstić information content (AvgIpc) is 3.01. The zero-order chi connectivity index (χ0) is 21.5. The highest BCUT2D eigenvalue weighted by molar-refractivity contribution is 5.21. The summed E-state index contributed by atoms with van der Waals surface area (Å²) < 4.78 is 13.5. The molecular weight excluding hydrogens is 377 g/mol. The summed E-state index contributed by atoms with van der Waals surface area (Å²) in [5, 5.41) is 25.4. The third-order valence-corrected chi connectivity index (χ3v) is 9.14. The van der Waals surface area contributed by atoms with Crippen molar-refractivity contribution >= 4 is 0 Å². The summed E-state index contributed by atoms with van der Waals surface area (Å²) in [6.45, 7) is 10.4. The van der Waals surface area contributed by atoms with Gasteiger partial charge in [-0.25, -0.2) is 4.39 Å². The Labute approximate surface area is 180 Å². The van der Waals surface area contributed by atoms with Gasteiger partial charge < -0.3 is 15.5 Å². The topological polar surface area (TPSA) is 52.5 Å². The Morgan fingerprint density at radius 3 is 2.70 bits per heavy atom. The summed E-state index contributed by atoms with van der Waals surface area (Å²) in [5.74, 6) is 0.658. The fourth-order valence-electron chi connectivity index (χ4n) is 6.97. The molecule has 3 aliphatic carbocycles. The molecule has 0 amide bonds. The van der Waals surface area contributed by atoms with Gasteiger partial charge in [0.25, 0.3) is 0 Å². The summed E-state index contributed by atoms with van der Waals surface area (Å²) in [4.78, 5) is 0. The van der Waals surface area contributed by atoms with Crippen LogP contribution in [0.5, 0.6) is 0 Å². The number of fused-ring (bicyclic) bond motifs is 1. The summed E-state index contributed by atoms with van der Waals surface area (Å²) in [7, 11) is 0. The van der Waals surface area contributed by atoms with Crippen LogP contribution in [0.4, 0.5) is 4.39 Å². The molecule has 30 heavy (non-hydrogen) atoms. The van der Waals surface area contributed by atoms with Crippen LogP contribution < -0.4 is 5.32 Å². The maximum Gasteiger partial charge on any atom is 0.123 e. The van der Waals surface area contributed by atoms with Crippen molar-refractivity contribution in [3.8, 4) is 0 Å². The van der Waals surface area contributed by atoms with Crippen molar-refractivity contribution in [2.75, 3.05) is 6.54 Å². The molecule has 4 heteroatoms. The second-order valence-electron chi connectivity index (χ2n) is 10.7. The predicted octanol–water partition coefficient (Wildman–Crippen LogP) is 4.83. The van der Waals surface area contributed by atoms with E-state index in [1.807, 2.05) is 6.07 Å². The molecule has 3 saturated carbocycles. The van der Waals surface area contributed by atoms with E-state index < -0.39 is 0 Å². The Bertz CT molecular complexity index is 782. The van der Waals surface area contributed by atoms with E-state index in [4.69, 9.17) is 0 Å². The summed E-state index contributed by atoms with van der Waals surface area (Å²) in [6, 6.07) is 6.71. The largest absolute Gasteiger partial charge is 0.393 e. The summed E-state index contributed by atoms with van der Waals surface area (Å²) in [5.41, 5.74) is 2.35. The number of halogens is 1. The van der Waals surface area contributed by atoms with Gasteiger partial charge in [-0.3, -0.25) is 0 Å². The zero-order valence-corrected chi connectivity index (χ0v) is 18.5. The third kappa shape index (κ3) is 3.87. The van der Waals surface area contributed by atoms with Crippen LogP contribution in [0, 0.1) is 34.4 Å². The first-order valence-corrected chi connectivity index (χ1v) is 11.7. The lowest BCUT2D eigenvalue weighted by Gasteiger charge is -2.55. The molecule has 0 bridgehead atoms. The molecule has 3 aliphatic rings. The van der Waals surface area contributed by atoms with Crippen molar-refractivity contribution in [2.24, 2.45) is 28.6 Å². The minimum atomic E-state index is -0.297. The van der Waals surface area contributed by atoms with E-state index in [2.05, 4.69) is 25.7 Å². The Morgan fingerprint density at radius 2 is 1.93 bits per heavy atom. The highest BCUT2D eigenvalue weighted by Crippen LogP contribution is 2.61. The minimum Gasteiger partial charge on any atom is -0.393 e. The van der Waals surface area contributed by atoms with Crippen molar-refractivity contribution in [3.63, 3.8) is 0 Å². The first-order valence-electron chi connectivity index (χ1n) is 11.7. The maximum atomic E-state index is 13.5. The Morgan fingerprint density at radius 1 is 1.13 bits per heavy atom. The molecule has 1 aromatic carbocycles. The number of hydrogen-bond donors (Lipinski definition) is 3. The standard InChI is InChI=1S/C26H38FNO2/c1-17-7-8-22-24(30)23(10-12-25(17,22)2)26(3)11-9-21(29)14-19(26)16-28-15-18-5-4-6-20(27)13-18/h4-6,13,19,21-24,28-30H,1,7-12,14-16H2,2-3H3. The molecule has 166 valence electrons. The third-order valence-electron chi connectivity index (χ3n) is 9.14. The zero-order valence-electron chi connectivity index (χ0n) is 18.5. The van der Waals surface area contributed by atoms with Gasteiger partial charge in [0.05, 0.1) is 12.2 Å². The van der Waals surface area contributed by atoms with Crippen LogP contribution in [0.25, 0.3) is 0 Å². The number of aliphatic hydroxyl groups excluding tert-OH is 2. The van der Waals surface area contributed by atoms with Gasteiger partial charge in [-0.2, -0.15) is 0 Å². The second kappa shape index (κ2) is 8.37. The molecule has 1 aromatic rings. The summed E-state index contributed by atoms with van der Waals surface area (Å²) in [6.07, 6.45) is 6.20. The van der Waals surface area contributed by atoms with Crippen LogP contribution in [0.3, 0.4) is 0 Å². The fourth-order valence-corrected chi connectivity index (χ4v) is 6.97. The molecule has 3 N–H and O–H groups in total. The van der Waals surface area contributed by atoms with E-state index in [0.717, 1.165) is 57.1 Å². The predicted molar refractivity (Wildman–Crippen MR) is 118 cm³/mol. The molecule has 7 atom stereocenters. The van der Waals surface area contributed by atoms with E-state index in [-0.39, 0.29) is 34.8 Å². The highest BCUT2D eigenvalue weighted by atomic mass is 19.1. The first-order chi connectivity index (χ1) is 14.2. The summed E-state index contributed by atoms with van der Waals surface area (Å²) >= 11 is 0. The number of nitrogens with one attached hydrogen (secondary N) is 1. The van der Waals surface area contributed by atoms with Crippen LogP contribution in [-0.4, -0.2) is 29.0 Å². The fraction of sp³-hybridized carbons (Fsp3) is 0.692. The Kier molecular flexibility index (Phi) is 6.13. The molecule has 3 fully saturated rings. The van der Waals surface area contributed by atoms with Gasteiger partial charge in [0.1, 0.15) is 5.82 Å². The van der Waals surface area contributed by atoms with E-state index in [9.17, 15) is 14.6 Å². The quantitative estimate of drug-likeness (QED) is 0.604. The van der Waals surface area contributed by atoms with Gasteiger partial charge in [-0.15, -0.1) is 0 Å². The van der Waals surface area contributed by atoms with Crippen LogP contribution in [0.15, 0.2) is 36.4 Å². The molecular formula is C26H38FNO2. The number of allylic oxidation sites excluding steroid dienone is 1. The van der Waals surface area contributed by atoms with Crippen molar-refractivity contribution in [1.82, 2.24) is 5.32 Å². The molecule has 0 radical (unpaired) electrons. The van der Waals surface area contributed by atoms with Crippen molar-refractivity contribution in [2.45, 2.75) is 77.5 Å². The molecule has 0 aliphatic heterocycles. The van der Waals surface area contributed by atoms with E-state index in [1.165, 1.54) is 11.6 Å². The van der Waals surface area contributed by atoms with Gasteiger partial charge in [-0.1, -0.05) is 38.1 Å². The molecule has 3 nitrogen and oxygen atoms in total. The molecule has 7 unspecified atom stereocenters. The van der Waals surface area contributed by atoms with E-state index >= 15 is 0 Å². The van der Waals surface area contributed by atoms with E-state index in [1.54, 1.807) is 12.1 Å². The molecule has 0 heterocycles. The first kappa shape index (κ1) is 22.0. The van der Waals surface area contributed by atoms with Crippen LogP contribution in [-0.2, 0) is 6.54 Å². The molecule has 0 aromatic heterocycles. The SMILES string of the molecule is C=C1CCC2C(O)C(C3(C)CCC(O)CC3CNCc3cccc(F)c3)CCC12C. The molecule has 0 spiro atoms. The number of benzene rings is 1. The average molecular weight is 416 g/mol. The smallest absolute Gasteiger partial charge is 0.123 e. The lowest BCUT2D eigenvalue weighted by molar-refractivity contribution is -0.118. The molecule has 0 saturated heterocycles. The second-order valence-corrected chi connectivity index (χ2v) is 10.7. The highest BCUT2D eigenvalue weighted by Gasteiger charge is 2.56. The van der Waals surface area contributed by atoms with Gasteiger partial charge in [0.2, 0.25) is 0 Å². The lowest BCUT2D eigenvalue weighted by Crippen LogP contribution is -2.54. The van der Waals surface area contributed by atoms with Crippen molar-refractivity contribution in [1.29, 1.82) is 0 Å². The number of hydrogen-bond acceptors (Lipinski definition) is 3. The van der Waals surface area contributed by atoms with Gasteiger partial charge in [0.15, 0.2) is 0 Å². The van der Waals surface area contributed by atoms with Gasteiger partial charge in [-0.05, 0) is 97.8 Å². The number of rotatable bonds is 5. The number of aliphatic hydroxyl groups is 2. The van der Waals surface area contributed by atoms with Crippen molar-refractivity contribution < 1.29 is 14.6 Å². The van der Waals surface area contributed by atoms with Crippen LogP contribution in [0.1, 0.15) is 64.4 Å². The van der Waals surface area contributed by atoms with Crippen LogP contribution in [0.2, 0.25) is 0 Å². The molecule has 4 rings (SSSR count). The lowest BCUT2D eigenvalue weighted by atomic mass is 9.52. The Hall–Kier alpha value is -1.23. The monoisotopic (exact) mass is 415 g/mol. The van der Waals surface area contributed by atoms with Gasteiger partial charge in [0, 0.05) is 6.54 Å². The van der Waals surface area contributed by atoms with Crippen molar-refractivity contribution in [3.05, 3.63) is 47.8 Å².